The Morgan fingerprint density at radius 2 is 2.07 bits per heavy atom. The highest BCUT2D eigenvalue weighted by Crippen LogP contribution is 2.10. The first-order valence-corrected chi connectivity index (χ1v) is 5.60. The molecule has 0 aliphatic rings. The number of nitrogens with one attached hydrogen (secondary N) is 1. The van der Waals surface area contributed by atoms with Crippen molar-refractivity contribution in [2.45, 2.75) is 19.4 Å². The van der Waals surface area contributed by atoms with Gasteiger partial charge in [0.2, 0.25) is 0 Å². The predicted octanol–water partition coefficient (Wildman–Crippen LogP) is 1.95. The summed E-state index contributed by atoms with van der Waals surface area (Å²) in [6, 6.07) is 7.15. The SMILES string of the molecule is CC(O)CCNC(=O)c1ccc(Br)cc1. The molecule has 0 bridgehead atoms. The molecule has 0 aliphatic carbocycles. The molecule has 3 nitrogen and oxygen atoms in total. The van der Waals surface area contributed by atoms with E-state index in [9.17, 15) is 4.79 Å². The van der Waals surface area contributed by atoms with Gasteiger partial charge in [-0.15, -0.1) is 0 Å². The third-order valence-corrected chi connectivity index (χ3v) is 2.48. The van der Waals surface area contributed by atoms with Crippen molar-refractivity contribution in [3.63, 3.8) is 0 Å². The van der Waals surface area contributed by atoms with Crippen LogP contribution in [0.1, 0.15) is 23.7 Å². The van der Waals surface area contributed by atoms with E-state index in [0.717, 1.165) is 4.47 Å². The molecule has 0 saturated carbocycles. The number of hydrogen-bond donors (Lipinski definition) is 2. The van der Waals surface area contributed by atoms with Crippen molar-refractivity contribution in [2.75, 3.05) is 6.54 Å². The van der Waals surface area contributed by atoms with Crippen LogP contribution in [0.2, 0.25) is 0 Å². The number of aliphatic hydroxyl groups is 1. The molecule has 1 amide bonds. The van der Waals surface area contributed by atoms with Crippen LogP contribution in [-0.2, 0) is 0 Å². The maximum atomic E-state index is 11.5. The molecule has 0 spiro atoms. The lowest BCUT2D eigenvalue weighted by molar-refractivity contribution is 0.0945. The Labute approximate surface area is 97.6 Å². The zero-order valence-electron chi connectivity index (χ0n) is 8.53. The predicted molar refractivity (Wildman–Crippen MR) is 62.8 cm³/mol. The van der Waals surface area contributed by atoms with Crippen LogP contribution in [0.3, 0.4) is 0 Å². The Bertz CT molecular complexity index is 322. The van der Waals surface area contributed by atoms with Crippen molar-refractivity contribution in [1.82, 2.24) is 5.32 Å². The third-order valence-electron chi connectivity index (χ3n) is 1.95. The second-order valence-electron chi connectivity index (χ2n) is 3.40. The van der Waals surface area contributed by atoms with Crippen LogP contribution < -0.4 is 5.32 Å². The molecule has 15 heavy (non-hydrogen) atoms. The van der Waals surface area contributed by atoms with Crippen LogP contribution in [0.25, 0.3) is 0 Å². The van der Waals surface area contributed by atoms with E-state index in [4.69, 9.17) is 5.11 Å². The maximum absolute atomic E-state index is 11.5. The lowest BCUT2D eigenvalue weighted by Gasteiger charge is -2.06. The summed E-state index contributed by atoms with van der Waals surface area (Å²) in [4.78, 5) is 11.5. The summed E-state index contributed by atoms with van der Waals surface area (Å²) in [7, 11) is 0. The van der Waals surface area contributed by atoms with Crippen molar-refractivity contribution in [3.05, 3.63) is 34.3 Å². The summed E-state index contributed by atoms with van der Waals surface area (Å²) in [5.74, 6) is -0.108. The normalized spacial score (nSPS) is 12.2. The van der Waals surface area contributed by atoms with Gasteiger partial charge in [-0.05, 0) is 37.6 Å². The highest BCUT2D eigenvalue weighted by atomic mass is 79.9. The van der Waals surface area contributed by atoms with Gasteiger partial charge in [-0.3, -0.25) is 4.79 Å². The molecule has 2 N–H and O–H groups in total. The number of carbonyl (C=O) groups is 1. The summed E-state index contributed by atoms with van der Waals surface area (Å²) < 4.78 is 0.947. The van der Waals surface area contributed by atoms with E-state index >= 15 is 0 Å². The highest BCUT2D eigenvalue weighted by molar-refractivity contribution is 9.10. The minimum atomic E-state index is -0.379. The van der Waals surface area contributed by atoms with Crippen molar-refractivity contribution in [1.29, 1.82) is 0 Å². The van der Waals surface area contributed by atoms with Gasteiger partial charge in [0.25, 0.3) is 5.91 Å². The highest BCUT2D eigenvalue weighted by Gasteiger charge is 2.04. The monoisotopic (exact) mass is 271 g/mol. The molecule has 1 unspecified atom stereocenters. The lowest BCUT2D eigenvalue weighted by Crippen LogP contribution is -2.26. The van der Waals surface area contributed by atoms with Crippen molar-refractivity contribution < 1.29 is 9.90 Å². The molecule has 0 heterocycles. The summed E-state index contributed by atoms with van der Waals surface area (Å²) in [6.45, 7) is 2.19. The average molecular weight is 272 g/mol. The first kappa shape index (κ1) is 12.2. The van der Waals surface area contributed by atoms with E-state index in [1.807, 2.05) is 12.1 Å². The van der Waals surface area contributed by atoms with Gasteiger partial charge in [0.15, 0.2) is 0 Å². The van der Waals surface area contributed by atoms with Crippen molar-refractivity contribution in [3.8, 4) is 0 Å². The fourth-order valence-corrected chi connectivity index (χ4v) is 1.36. The molecule has 0 aromatic heterocycles. The van der Waals surface area contributed by atoms with Gasteiger partial charge >= 0.3 is 0 Å². The second-order valence-corrected chi connectivity index (χ2v) is 4.32. The summed E-state index contributed by atoms with van der Waals surface area (Å²) >= 11 is 3.30. The first-order chi connectivity index (χ1) is 7.09. The Hall–Kier alpha value is -0.870. The van der Waals surface area contributed by atoms with Crippen LogP contribution in [-0.4, -0.2) is 23.7 Å². The Balaban J connectivity index is 2.43. The molecular formula is C11H14BrNO2. The Kier molecular flexibility index (Phi) is 4.78. The second kappa shape index (κ2) is 5.88. The van der Waals surface area contributed by atoms with E-state index in [2.05, 4.69) is 21.2 Å². The molecular weight excluding hydrogens is 258 g/mol. The van der Waals surface area contributed by atoms with E-state index in [0.29, 0.717) is 18.5 Å². The molecule has 4 heteroatoms. The quantitative estimate of drug-likeness (QED) is 0.880. The average Bonchev–Trinajstić information content (AvgIpc) is 2.18. The van der Waals surface area contributed by atoms with Crippen LogP contribution >= 0.6 is 15.9 Å². The van der Waals surface area contributed by atoms with Crippen LogP contribution in [0.5, 0.6) is 0 Å². The minimum absolute atomic E-state index is 0.108. The fourth-order valence-electron chi connectivity index (χ4n) is 1.10. The van der Waals surface area contributed by atoms with E-state index < -0.39 is 0 Å². The number of halogens is 1. The third kappa shape index (κ3) is 4.44. The molecule has 1 atom stereocenters. The zero-order valence-corrected chi connectivity index (χ0v) is 10.1. The topological polar surface area (TPSA) is 49.3 Å². The number of carbonyl (C=O) groups excluding carboxylic acids is 1. The van der Waals surface area contributed by atoms with Crippen molar-refractivity contribution >= 4 is 21.8 Å². The largest absolute Gasteiger partial charge is 0.393 e. The molecule has 82 valence electrons. The van der Waals surface area contributed by atoms with E-state index in [1.54, 1.807) is 19.1 Å². The fraction of sp³-hybridized carbons (Fsp3) is 0.364. The van der Waals surface area contributed by atoms with Gasteiger partial charge in [0.05, 0.1) is 6.10 Å². The Morgan fingerprint density at radius 1 is 1.47 bits per heavy atom. The summed E-state index contributed by atoms with van der Waals surface area (Å²) in [6.07, 6.45) is 0.192. The lowest BCUT2D eigenvalue weighted by atomic mass is 10.2. The van der Waals surface area contributed by atoms with E-state index in [1.165, 1.54) is 0 Å². The Morgan fingerprint density at radius 3 is 2.60 bits per heavy atom. The summed E-state index contributed by atoms with van der Waals surface area (Å²) in [5.41, 5.74) is 0.629. The molecule has 0 aliphatic heterocycles. The van der Waals surface area contributed by atoms with Crippen LogP contribution in [0, 0.1) is 0 Å². The number of benzene rings is 1. The van der Waals surface area contributed by atoms with Crippen LogP contribution in [0.4, 0.5) is 0 Å². The zero-order chi connectivity index (χ0) is 11.3. The number of aliphatic hydroxyl groups excluding tert-OH is 1. The summed E-state index contributed by atoms with van der Waals surface area (Å²) in [5, 5.41) is 11.8. The van der Waals surface area contributed by atoms with E-state index in [-0.39, 0.29) is 12.0 Å². The number of hydrogen-bond acceptors (Lipinski definition) is 2. The number of amides is 1. The van der Waals surface area contributed by atoms with Gasteiger partial charge in [-0.2, -0.15) is 0 Å². The van der Waals surface area contributed by atoms with Gasteiger partial charge in [-0.25, -0.2) is 0 Å². The van der Waals surface area contributed by atoms with Gasteiger partial charge in [0, 0.05) is 16.6 Å². The molecule has 0 saturated heterocycles. The standard InChI is InChI=1S/C11H14BrNO2/c1-8(14)6-7-13-11(15)9-2-4-10(12)5-3-9/h2-5,8,14H,6-7H2,1H3,(H,13,15). The minimum Gasteiger partial charge on any atom is -0.393 e. The van der Waals surface area contributed by atoms with Gasteiger partial charge < -0.3 is 10.4 Å². The maximum Gasteiger partial charge on any atom is 0.251 e. The smallest absolute Gasteiger partial charge is 0.251 e. The van der Waals surface area contributed by atoms with Crippen LogP contribution in [0.15, 0.2) is 28.7 Å². The molecule has 1 rings (SSSR count). The molecule has 0 fully saturated rings. The van der Waals surface area contributed by atoms with Gasteiger partial charge in [-0.1, -0.05) is 15.9 Å². The first-order valence-electron chi connectivity index (χ1n) is 4.81. The number of rotatable bonds is 4. The molecule has 0 radical (unpaired) electrons. The van der Waals surface area contributed by atoms with Crippen molar-refractivity contribution in [2.24, 2.45) is 0 Å². The van der Waals surface area contributed by atoms with Gasteiger partial charge in [0.1, 0.15) is 0 Å². The molecule has 1 aromatic rings. The molecule has 1 aromatic carbocycles.